The maximum Gasteiger partial charge on any atom is 0.128 e. The summed E-state index contributed by atoms with van der Waals surface area (Å²) in [4.78, 5) is 0. The topological polar surface area (TPSA) is 49.7 Å². The molecular weight excluding hydrogens is 284 g/mol. The van der Waals surface area contributed by atoms with Gasteiger partial charge in [0.1, 0.15) is 23.4 Å². The van der Waals surface area contributed by atoms with Gasteiger partial charge in [-0.15, -0.1) is 0 Å². The van der Waals surface area contributed by atoms with Crippen LogP contribution in [-0.2, 0) is 0 Å². The summed E-state index contributed by atoms with van der Waals surface area (Å²) < 4.78 is 6.22. The van der Waals surface area contributed by atoms with Crippen LogP contribution in [0.15, 0.2) is 42.5 Å². The maximum absolute atomic E-state index is 9.73. The lowest BCUT2D eigenvalue weighted by Crippen LogP contribution is -2.29. The first-order valence-corrected chi connectivity index (χ1v) is 8.24. The van der Waals surface area contributed by atoms with Crippen LogP contribution < -0.4 is 4.74 Å². The molecule has 0 unspecified atom stereocenters. The van der Waals surface area contributed by atoms with E-state index in [0.29, 0.717) is 17.6 Å². The minimum atomic E-state index is 0.0163. The number of hydrogen-bond acceptors (Lipinski definition) is 4. The summed E-state index contributed by atoms with van der Waals surface area (Å²) in [6, 6.07) is 12.7. The molecule has 2 N–H and O–H groups in total. The van der Waals surface area contributed by atoms with Gasteiger partial charge in [-0.25, -0.2) is 0 Å². The molecule has 1 fully saturated rings. The van der Waals surface area contributed by atoms with E-state index in [9.17, 15) is 10.2 Å². The van der Waals surface area contributed by atoms with Crippen molar-refractivity contribution in [2.75, 3.05) is 11.5 Å². The average Bonchev–Trinajstić information content (AvgIpc) is 2.97. The number of thioether (sulfide) groups is 1. The van der Waals surface area contributed by atoms with E-state index in [-0.39, 0.29) is 11.9 Å². The maximum atomic E-state index is 9.73. The van der Waals surface area contributed by atoms with Crippen LogP contribution in [0, 0.1) is 5.92 Å². The fourth-order valence-electron chi connectivity index (χ4n) is 3.33. The zero-order valence-electron chi connectivity index (χ0n) is 11.4. The summed E-state index contributed by atoms with van der Waals surface area (Å²) in [5.74, 6) is 4.41. The first kappa shape index (κ1) is 12.9. The van der Waals surface area contributed by atoms with Gasteiger partial charge in [0.15, 0.2) is 0 Å². The number of phenols is 2. The molecular formula is C17H16O3S. The molecule has 21 heavy (non-hydrogen) atoms. The molecule has 0 aliphatic carbocycles. The summed E-state index contributed by atoms with van der Waals surface area (Å²) >= 11 is 1.94. The molecule has 0 spiro atoms. The highest BCUT2D eigenvalue weighted by molar-refractivity contribution is 7.99. The Hall–Kier alpha value is -1.81. The van der Waals surface area contributed by atoms with Crippen molar-refractivity contribution in [1.29, 1.82) is 0 Å². The monoisotopic (exact) mass is 300 g/mol. The van der Waals surface area contributed by atoms with Gasteiger partial charge in [0.25, 0.3) is 0 Å². The smallest absolute Gasteiger partial charge is 0.128 e. The van der Waals surface area contributed by atoms with E-state index in [1.807, 2.05) is 36.0 Å². The molecule has 0 bridgehead atoms. The highest BCUT2D eigenvalue weighted by atomic mass is 32.2. The molecule has 4 heteroatoms. The molecule has 2 aliphatic rings. The summed E-state index contributed by atoms with van der Waals surface area (Å²) in [6.45, 7) is 0. The predicted molar refractivity (Wildman–Crippen MR) is 83.1 cm³/mol. The fourth-order valence-corrected chi connectivity index (χ4v) is 4.82. The van der Waals surface area contributed by atoms with Crippen LogP contribution in [0.3, 0.4) is 0 Å². The van der Waals surface area contributed by atoms with E-state index in [2.05, 4.69) is 0 Å². The molecule has 3 atom stereocenters. The summed E-state index contributed by atoms with van der Waals surface area (Å²) in [5.41, 5.74) is 2.23. The highest BCUT2D eigenvalue weighted by Crippen LogP contribution is 2.52. The van der Waals surface area contributed by atoms with E-state index in [1.165, 1.54) is 0 Å². The van der Waals surface area contributed by atoms with Crippen LogP contribution >= 0.6 is 11.8 Å². The Morgan fingerprint density at radius 2 is 1.71 bits per heavy atom. The van der Waals surface area contributed by atoms with E-state index in [1.54, 1.807) is 18.2 Å². The Balaban J connectivity index is 1.77. The van der Waals surface area contributed by atoms with Crippen molar-refractivity contribution >= 4 is 11.8 Å². The van der Waals surface area contributed by atoms with Crippen molar-refractivity contribution in [3.05, 3.63) is 53.6 Å². The molecule has 4 rings (SSSR count). The zero-order chi connectivity index (χ0) is 14.4. The lowest BCUT2D eigenvalue weighted by molar-refractivity contribution is 0.114. The largest absolute Gasteiger partial charge is 0.508 e. The third-order valence-corrected chi connectivity index (χ3v) is 5.60. The summed E-state index contributed by atoms with van der Waals surface area (Å²) in [7, 11) is 0. The molecule has 2 aromatic carbocycles. The van der Waals surface area contributed by atoms with Gasteiger partial charge in [0.2, 0.25) is 0 Å². The van der Waals surface area contributed by atoms with Crippen molar-refractivity contribution in [2.24, 2.45) is 5.92 Å². The lowest BCUT2D eigenvalue weighted by atomic mass is 9.80. The molecule has 2 aromatic rings. The van der Waals surface area contributed by atoms with Crippen LogP contribution in [0.2, 0.25) is 0 Å². The second-order valence-electron chi connectivity index (χ2n) is 5.66. The van der Waals surface area contributed by atoms with Crippen molar-refractivity contribution < 1.29 is 14.9 Å². The number of benzene rings is 2. The van der Waals surface area contributed by atoms with Crippen LogP contribution in [0.4, 0.5) is 0 Å². The Morgan fingerprint density at radius 3 is 2.52 bits per heavy atom. The molecule has 0 saturated carbocycles. The van der Waals surface area contributed by atoms with Crippen LogP contribution in [-0.4, -0.2) is 21.7 Å². The van der Waals surface area contributed by atoms with Gasteiger partial charge in [-0.2, -0.15) is 11.8 Å². The number of fused-ring (bicyclic) bond motifs is 3. The van der Waals surface area contributed by atoms with E-state index < -0.39 is 0 Å². The van der Waals surface area contributed by atoms with Crippen LogP contribution in [0.5, 0.6) is 17.2 Å². The Labute approximate surface area is 127 Å². The quantitative estimate of drug-likeness (QED) is 0.843. The van der Waals surface area contributed by atoms with Gasteiger partial charge in [-0.05, 0) is 35.9 Å². The Kier molecular flexibility index (Phi) is 3.00. The number of phenolic OH excluding ortho intramolecular Hbond substituents is 2. The normalized spacial score (nSPS) is 26.8. The van der Waals surface area contributed by atoms with E-state index in [4.69, 9.17) is 4.74 Å². The van der Waals surface area contributed by atoms with E-state index in [0.717, 1.165) is 28.4 Å². The average molecular weight is 300 g/mol. The van der Waals surface area contributed by atoms with Gasteiger partial charge in [0.05, 0.1) is 0 Å². The number of rotatable bonds is 1. The number of ether oxygens (including phenoxy) is 1. The molecule has 2 aliphatic heterocycles. The van der Waals surface area contributed by atoms with E-state index >= 15 is 0 Å². The molecule has 0 radical (unpaired) electrons. The van der Waals surface area contributed by atoms with Gasteiger partial charge in [-0.1, -0.05) is 12.1 Å². The van der Waals surface area contributed by atoms with Gasteiger partial charge in [-0.3, -0.25) is 0 Å². The van der Waals surface area contributed by atoms with Crippen molar-refractivity contribution in [3.63, 3.8) is 0 Å². The summed E-state index contributed by atoms with van der Waals surface area (Å²) in [6.07, 6.45) is 0.0163. The number of hydrogen-bond donors (Lipinski definition) is 2. The molecule has 3 nitrogen and oxygen atoms in total. The summed E-state index contributed by atoms with van der Waals surface area (Å²) in [5, 5.41) is 19.2. The molecule has 108 valence electrons. The second-order valence-corrected chi connectivity index (χ2v) is 6.73. The molecule has 0 aromatic heterocycles. The minimum Gasteiger partial charge on any atom is -0.508 e. The molecule has 2 heterocycles. The minimum absolute atomic E-state index is 0.0163. The molecule has 0 amide bonds. The number of aromatic hydroxyl groups is 2. The first-order valence-electron chi connectivity index (χ1n) is 7.08. The van der Waals surface area contributed by atoms with Crippen LogP contribution in [0.1, 0.15) is 23.1 Å². The Morgan fingerprint density at radius 1 is 0.952 bits per heavy atom. The van der Waals surface area contributed by atoms with Gasteiger partial charge in [0, 0.05) is 28.9 Å². The Bertz CT molecular complexity index is 668. The highest BCUT2D eigenvalue weighted by Gasteiger charge is 2.42. The fraction of sp³-hybridized carbons (Fsp3) is 0.294. The third-order valence-electron chi connectivity index (χ3n) is 4.38. The van der Waals surface area contributed by atoms with Crippen molar-refractivity contribution in [3.8, 4) is 17.2 Å². The first-order chi connectivity index (χ1) is 10.2. The van der Waals surface area contributed by atoms with Gasteiger partial charge >= 0.3 is 0 Å². The SMILES string of the molecule is Oc1ccc([C@H]2Oc3ccc(O)cc3[C@H]3CSC[C@H]32)cc1. The van der Waals surface area contributed by atoms with Crippen molar-refractivity contribution in [2.45, 2.75) is 12.0 Å². The zero-order valence-corrected chi connectivity index (χ0v) is 12.2. The third kappa shape index (κ3) is 2.14. The van der Waals surface area contributed by atoms with Crippen molar-refractivity contribution in [1.82, 2.24) is 0 Å². The lowest BCUT2D eigenvalue weighted by Gasteiger charge is -2.36. The van der Waals surface area contributed by atoms with Crippen LogP contribution in [0.25, 0.3) is 0 Å². The van der Waals surface area contributed by atoms with Gasteiger partial charge < -0.3 is 14.9 Å². The molecule has 1 saturated heterocycles. The second kappa shape index (κ2) is 4.88. The standard InChI is InChI=1S/C17H16O3S/c18-11-3-1-10(2-4-11)17-15-9-21-8-14(15)13-7-12(19)5-6-16(13)20-17/h1-7,14-15,17-19H,8-9H2/t14-,15-,17-/m1/s1. The predicted octanol–water partition coefficient (Wildman–Crippen LogP) is 3.68.